The van der Waals surface area contributed by atoms with E-state index in [-0.39, 0.29) is 19.7 Å². The molecule has 20 heavy (non-hydrogen) atoms. The van der Waals surface area contributed by atoms with Gasteiger partial charge in [-0.1, -0.05) is 25.8 Å². The lowest BCUT2D eigenvalue weighted by atomic mass is 10.2. The van der Waals surface area contributed by atoms with E-state index in [1.807, 2.05) is 6.92 Å². The van der Waals surface area contributed by atoms with Crippen molar-refractivity contribution in [2.45, 2.75) is 31.1 Å². The monoisotopic (exact) mass is 307 g/mol. The third-order valence-electron chi connectivity index (χ3n) is 2.89. The molecule has 0 aliphatic heterocycles. The van der Waals surface area contributed by atoms with Crippen LogP contribution in [-0.4, -0.2) is 37.5 Å². The Kier molecular flexibility index (Phi) is 6.51. The fourth-order valence-electron chi connectivity index (χ4n) is 1.82. The number of aliphatic hydroxyl groups excluding tert-OH is 1. The Balaban J connectivity index is 3.06. The second-order valence-electron chi connectivity index (χ2n) is 4.39. The number of halogens is 2. The van der Waals surface area contributed by atoms with Crippen LogP contribution in [0.25, 0.3) is 0 Å². The van der Waals surface area contributed by atoms with Crippen LogP contribution in [0.5, 0.6) is 0 Å². The van der Waals surface area contributed by atoms with Crippen molar-refractivity contribution in [2.75, 3.05) is 19.7 Å². The molecule has 1 aromatic rings. The minimum Gasteiger partial charge on any atom is -0.395 e. The van der Waals surface area contributed by atoms with E-state index >= 15 is 0 Å². The molecule has 0 atom stereocenters. The van der Waals surface area contributed by atoms with Gasteiger partial charge in [0.1, 0.15) is 4.90 Å². The molecule has 0 bridgehead atoms. The Morgan fingerprint density at radius 3 is 2.50 bits per heavy atom. The zero-order valence-corrected chi connectivity index (χ0v) is 12.2. The van der Waals surface area contributed by atoms with Crippen LogP contribution < -0.4 is 0 Å². The highest BCUT2D eigenvalue weighted by molar-refractivity contribution is 7.89. The summed E-state index contributed by atoms with van der Waals surface area (Å²) in [7, 11) is -4.14. The fraction of sp³-hybridized carbons (Fsp3) is 0.538. The van der Waals surface area contributed by atoms with E-state index in [4.69, 9.17) is 5.11 Å². The molecule has 0 fully saturated rings. The molecular weight excluding hydrogens is 288 g/mol. The Morgan fingerprint density at radius 1 is 1.20 bits per heavy atom. The predicted octanol–water partition coefficient (Wildman–Crippen LogP) is 2.14. The van der Waals surface area contributed by atoms with Crippen molar-refractivity contribution in [1.82, 2.24) is 4.31 Å². The van der Waals surface area contributed by atoms with Gasteiger partial charge in [-0.3, -0.25) is 0 Å². The van der Waals surface area contributed by atoms with Crippen molar-refractivity contribution >= 4 is 10.0 Å². The van der Waals surface area contributed by atoms with Crippen LogP contribution >= 0.6 is 0 Å². The van der Waals surface area contributed by atoms with Crippen LogP contribution in [-0.2, 0) is 10.0 Å². The smallest absolute Gasteiger partial charge is 0.246 e. The average molecular weight is 307 g/mol. The summed E-state index contributed by atoms with van der Waals surface area (Å²) in [5, 5.41) is 8.95. The van der Waals surface area contributed by atoms with Crippen molar-refractivity contribution in [1.29, 1.82) is 0 Å². The minimum atomic E-state index is -4.14. The van der Waals surface area contributed by atoms with E-state index in [9.17, 15) is 17.2 Å². The molecule has 1 N–H and O–H groups in total. The Labute approximate surface area is 118 Å². The Bertz CT molecular complexity index is 534. The summed E-state index contributed by atoms with van der Waals surface area (Å²) in [6.07, 6.45) is 2.33. The molecule has 0 heterocycles. The normalized spacial score (nSPS) is 12.1. The molecule has 0 unspecified atom stereocenters. The number of sulfonamides is 1. The van der Waals surface area contributed by atoms with E-state index in [1.54, 1.807) is 0 Å². The standard InChI is InChI=1S/C13H19F2NO3S/c1-2-3-4-8-16(9-10-17)20(18,19)12-7-5-6-11(14)13(12)15/h5-7,17H,2-4,8-10H2,1H3. The predicted molar refractivity (Wildman–Crippen MR) is 71.7 cm³/mol. The molecule has 0 radical (unpaired) electrons. The van der Waals surface area contributed by atoms with Crippen molar-refractivity contribution < 1.29 is 22.3 Å². The molecule has 0 aromatic heterocycles. The first-order valence-corrected chi connectivity index (χ1v) is 7.94. The lowest BCUT2D eigenvalue weighted by Gasteiger charge is -2.21. The van der Waals surface area contributed by atoms with Gasteiger partial charge >= 0.3 is 0 Å². The molecule has 1 rings (SSSR count). The van der Waals surface area contributed by atoms with Gasteiger partial charge in [-0.05, 0) is 18.6 Å². The van der Waals surface area contributed by atoms with E-state index in [0.29, 0.717) is 6.42 Å². The van der Waals surface area contributed by atoms with Gasteiger partial charge in [0.15, 0.2) is 11.6 Å². The molecule has 0 aliphatic carbocycles. The third-order valence-corrected chi connectivity index (χ3v) is 4.81. The second kappa shape index (κ2) is 7.66. The SMILES string of the molecule is CCCCCN(CCO)S(=O)(=O)c1cccc(F)c1F. The largest absolute Gasteiger partial charge is 0.395 e. The number of hydrogen-bond donors (Lipinski definition) is 1. The first-order chi connectivity index (χ1) is 9.45. The second-order valence-corrected chi connectivity index (χ2v) is 6.29. The maximum Gasteiger partial charge on any atom is 0.246 e. The zero-order valence-electron chi connectivity index (χ0n) is 11.3. The van der Waals surface area contributed by atoms with Gasteiger partial charge < -0.3 is 5.11 Å². The molecule has 7 heteroatoms. The van der Waals surface area contributed by atoms with Gasteiger partial charge in [-0.15, -0.1) is 0 Å². The number of hydrogen-bond acceptors (Lipinski definition) is 3. The van der Waals surface area contributed by atoms with E-state index in [1.165, 1.54) is 0 Å². The van der Waals surface area contributed by atoms with Gasteiger partial charge in [0.2, 0.25) is 10.0 Å². The van der Waals surface area contributed by atoms with Crippen molar-refractivity contribution in [3.05, 3.63) is 29.8 Å². The topological polar surface area (TPSA) is 57.6 Å². The summed E-state index contributed by atoms with van der Waals surface area (Å²) in [5.74, 6) is -2.59. The molecule has 114 valence electrons. The number of benzene rings is 1. The number of nitrogens with zero attached hydrogens (tertiary/aromatic N) is 1. The van der Waals surface area contributed by atoms with Crippen LogP contribution in [0.3, 0.4) is 0 Å². The minimum absolute atomic E-state index is 0.137. The fourth-order valence-corrected chi connectivity index (χ4v) is 3.37. The summed E-state index contributed by atoms with van der Waals surface area (Å²) in [4.78, 5) is -0.692. The van der Waals surface area contributed by atoms with E-state index < -0.39 is 26.6 Å². The molecule has 0 saturated heterocycles. The van der Waals surface area contributed by atoms with Crippen molar-refractivity contribution in [2.24, 2.45) is 0 Å². The summed E-state index contributed by atoms with van der Waals surface area (Å²) >= 11 is 0. The van der Waals surface area contributed by atoms with Crippen molar-refractivity contribution in [3.8, 4) is 0 Å². The molecule has 1 aromatic carbocycles. The van der Waals surface area contributed by atoms with Gasteiger partial charge in [-0.25, -0.2) is 17.2 Å². The number of unbranched alkanes of at least 4 members (excludes halogenated alkanes) is 2. The van der Waals surface area contributed by atoms with Gasteiger partial charge in [-0.2, -0.15) is 4.31 Å². The first kappa shape index (κ1) is 17.0. The Hall–Kier alpha value is -1.05. The molecule has 0 amide bonds. The third kappa shape index (κ3) is 3.97. The van der Waals surface area contributed by atoms with Gasteiger partial charge in [0.05, 0.1) is 6.61 Å². The van der Waals surface area contributed by atoms with E-state index in [2.05, 4.69) is 0 Å². The molecule has 0 spiro atoms. The first-order valence-electron chi connectivity index (χ1n) is 6.50. The van der Waals surface area contributed by atoms with Crippen LogP contribution in [0, 0.1) is 11.6 Å². The maximum atomic E-state index is 13.6. The highest BCUT2D eigenvalue weighted by Gasteiger charge is 2.28. The van der Waals surface area contributed by atoms with E-state index in [0.717, 1.165) is 35.3 Å². The molecule has 0 saturated carbocycles. The Morgan fingerprint density at radius 2 is 1.90 bits per heavy atom. The average Bonchev–Trinajstić information content (AvgIpc) is 2.41. The molecule has 4 nitrogen and oxygen atoms in total. The summed E-state index contributed by atoms with van der Waals surface area (Å²) in [6, 6.07) is 3.04. The van der Waals surface area contributed by atoms with Crippen LogP contribution in [0.1, 0.15) is 26.2 Å². The lowest BCUT2D eigenvalue weighted by Crippen LogP contribution is -2.35. The van der Waals surface area contributed by atoms with Gasteiger partial charge in [0.25, 0.3) is 0 Å². The quantitative estimate of drug-likeness (QED) is 0.749. The number of rotatable bonds is 8. The highest BCUT2D eigenvalue weighted by atomic mass is 32.2. The summed E-state index contributed by atoms with van der Waals surface area (Å²) in [6.45, 7) is 1.63. The maximum absolute atomic E-state index is 13.6. The molecule has 0 aliphatic rings. The highest BCUT2D eigenvalue weighted by Crippen LogP contribution is 2.21. The summed E-state index contributed by atoms with van der Waals surface area (Å²) < 4.78 is 52.4. The summed E-state index contributed by atoms with van der Waals surface area (Å²) in [5.41, 5.74) is 0. The number of aliphatic hydroxyl groups is 1. The van der Waals surface area contributed by atoms with Crippen LogP contribution in [0.15, 0.2) is 23.1 Å². The zero-order chi connectivity index (χ0) is 15.2. The molecular formula is C13H19F2NO3S. The van der Waals surface area contributed by atoms with Crippen LogP contribution in [0.4, 0.5) is 8.78 Å². The van der Waals surface area contributed by atoms with Crippen LogP contribution in [0.2, 0.25) is 0 Å². The lowest BCUT2D eigenvalue weighted by molar-refractivity contribution is 0.251. The van der Waals surface area contributed by atoms with Gasteiger partial charge in [0, 0.05) is 13.1 Å². The van der Waals surface area contributed by atoms with Crippen molar-refractivity contribution in [3.63, 3.8) is 0 Å².